The van der Waals surface area contributed by atoms with Crippen molar-refractivity contribution in [3.05, 3.63) is 48.6 Å². The van der Waals surface area contributed by atoms with E-state index in [4.69, 9.17) is 0 Å². The zero-order valence-corrected chi connectivity index (χ0v) is 10.1. The lowest BCUT2D eigenvalue weighted by atomic mass is 9.89. The Kier molecular flexibility index (Phi) is 5.87. The first-order chi connectivity index (χ1) is 7.77. The predicted octanol–water partition coefficient (Wildman–Crippen LogP) is 3.93. The molecule has 0 amide bonds. The van der Waals surface area contributed by atoms with Gasteiger partial charge in [-0.3, -0.25) is 0 Å². The number of aliphatic hydroxyl groups is 1. The molecule has 0 aliphatic heterocycles. The Bertz CT molecular complexity index is 297. The molecule has 0 aromatic heterocycles. The topological polar surface area (TPSA) is 20.2 Å². The molecule has 1 N–H and O–H groups in total. The molecule has 1 atom stereocenters. The number of hydrogen-bond donors (Lipinski definition) is 1. The van der Waals surface area contributed by atoms with E-state index in [9.17, 15) is 5.11 Å². The van der Waals surface area contributed by atoms with E-state index in [1.807, 2.05) is 31.2 Å². The van der Waals surface area contributed by atoms with Crippen LogP contribution in [0.1, 0.15) is 39.0 Å². The van der Waals surface area contributed by atoms with E-state index in [0.717, 1.165) is 32.1 Å². The third kappa shape index (κ3) is 5.13. The Morgan fingerprint density at radius 3 is 2.88 bits per heavy atom. The average molecular weight is 218 g/mol. The Labute approximate surface area is 98.9 Å². The molecule has 1 aliphatic carbocycles. The van der Waals surface area contributed by atoms with Gasteiger partial charge in [0.15, 0.2) is 0 Å². The molecule has 0 fully saturated rings. The first-order valence-electron chi connectivity index (χ1n) is 6.09. The molecule has 0 heterocycles. The largest absolute Gasteiger partial charge is 0.389 e. The van der Waals surface area contributed by atoms with Crippen molar-refractivity contribution in [3.63, 3.8) is 0 Å². The average Bonchev–Trinajstić information content (AvgIpc) is 2.38. The summed E-state index contributed by atoms with van der Waals surface area (Å²) >= 11 is 0. The lowest BCUT2D eigenvalue weighted by Gasteiger charge is -2.25. The number of rotatable bonds is 3. The van der Waals surface area contributed by atoms with Gasteiger partial charge in [-0.25, -0.2) is 0 Å². The van der Waals surface area contributed by atoms with Gasteiger partial charge in [-0.05, 0) is 39.0 Å². The Balaban J connectivity index is 2.52. The Hall–Kier alpha value is -1.08. The highest BCUT2D eigenvalue weighted by Gasteiger charge is 2.23. The van der Waals surface area contributed by atoms with Crippen LogP contribution in [-0.4, -0.2) is 10.7 Å². The molecule has 0 aromatic carbocycles. The van der Waals surface area contributed by atoms with Crippen molar-refractivity contribution >= 4 is 0 Å². The summed E-state index contributed by atoms with van der Waals surface area (Å²) in [5.41, 5.74) is -0.555. The van der Waals surface area contributed by atoms with Gasteiger partial charge < -0.3 is 5.11 Å². The quantitative estimate of drug-likeness (QED) is 0.712. The molecule has 1 unspecified atom stereocenters. The Morgan fingerprint density at radius 1 is 1.25 bits per heavy atom. The van der Waals surface area contributed by atoms with E-state index < -0.39 is 5.60 Å². The van der Waals surface area contributed by atoms with E-state index in [2.05, 4.69) is 24.3 Å². The second kappa shape index (κ2) is 7.24. The van der Waals surface area contributed by atoms with Crippen molar-refractivity contribution in [2.24, 2.45) is 0 Å². The molecular formula is C15H22O. The van der Waals surface area contributed by atoms with Gasteiger partial charge in [0.05, 0.1) is 5.60 Å². The van der Waals surface area contributed by atoms with Gasteiger partial charge >= 0.3 is 0 Å². The van der Waals surface area contributed by atoms with Crippen LogP contribution in [0.4, 0.5) is 0 Å². The van der Waals surface area contributed by atoms with Gasteiger partial charge in [-0.1, -0.05) is 48.6 Å². The molecule has 0 spiro atoms. The first kappa shape index (κ1) is 13.0. The van der Waals surface area contributed by atoms with Crippen molar-refractivity contribution in [2.45, 2.75) is 44.6 Å². The van der Waals surface area contributed by atoms with Crippen molar-refractivity contribution in [2.75, 3.05) is 0 Å². The molecule has 1 rings (SSSR count). The molecular weight excluding hydrogens is 196 g/mol. The summed E-state index contributed by atoms with van der Waals surface area (Å²) < 4.78 is 0. The molecule has 0 saturated heterocycles. The zero-order chi connectivity index (χ0) is 11.7. The molecule has 1 heteroatoms. The second-order valence-electron chi connectivity index (χ2n) is 4.34. The minimum absolute atomic E-state index is 0.555. The van der Waals surface area contributed by atoms with E-state index in [0.29, 0.717) is 0 Å². The molecule has 0 bridgehead atoms. The minimum Gasteiger partial charge on any atom is -0.389 e. The maximum absolute atomic E-state index is 10.4. The molecule has 0 radical (unpaired) electrons. The van der Waals surface area contributed by atoms with Crippen molar-refractivity contribution < 1.29 is 5.11 Å². The highest BCUT2D eigenvalue weighted by atomic mass is 16.3. The van der Waals surface area contributed by atoms with Gasteiger partial charge in [-0.2, -0.15) is 0 Å². The fourth-order valence-corrected chi connectivity index (χ4v) is 1.85. The summed E-state index contributed by atoms with van der Waals surface area (Å²) in [5.74, 6) is 0. The normalized spacial score (nSPS) is 31.1. The highest BCUT2D eigenvalue weighted by Crippen LogP contribution is 2.25. The second-order valence-corrected chi connectivity index (χ2v) is 4.34. The number of allylic oxidation sites excluding steroid dienone is 6. The molecule has 0 aromatic rings. The van der Waals surface area contributed by atoms with Crippen molar-refractivity contribution in [1.82, 2.24) is 0 Å². The third-order valence-corrected chi connectivity index (χ3v) is 2.83. The summed E-state index contributed by atoms with van der Waals surface area (Å²) in [5, 5.41) is 10.4. The van der Waals surface area contributed by atoms with Crippen LogP contribution in [0, 0.1) is 0 Å². The van der Waals surface area contributed by atoms with Gasteiger partial charge in [-0.15, -0.1) is 0 Å². The summed E-state index contributed by atoms with van der Waals surface area (Å²) in [4.78, 5) is 0. The van der Waals surface area contributed by atoms with Gasteiger partial charge in [0.25, 0.3) is 0 Å². The van der Waals surface area contributed by atoms with Crippen LogP contribution in [0.2, 0.25) is 0 Å². The fourth-order valence-electron chi connectivity index (χ4n) is 1.85. The fraction of sp³-hybridized carbons (Fsp3) is 0.467. The van der Waals surface area contributed by atoms with E-state index >= 15 is 0 Å². The van der Waals surface area contributed by atoms with Gasteiger partial charge in [0.2, 0.25) is 0 Å². The summed E-state index contributed by atoms with van der Waals surface area (Å²) in [7, 11) is 0. The zero-order valence-electron chi connectivity index (χ0n) is 10.1. The summed E-state index contributed by atoms with van der Waals surface area (Å²) in [6, 6.07) is 0. The van der Waals surface area contributed by atoms with Crippen LogP contribution >= 0.6 is 0 Å². The molecule has 0 saturated carbocycles. The number of hydrogen-bond acceptors (Lipinski definition) is 1. The van der Waals surface area contributed by atoms with E-state index in [1.54, 1.807) is 0 Å². The van der Waals surface area contributed by atoms with Crippen LogP contribution in [0.25, 0.3) is 0 Å². The van der Waals surface area contributed by atoms with Crippen molar-refractivity contribution in [1.29, 1.82) is 0 Å². The lowest BCUT2D eigenvalue weighted by molar-refractivity contribution is 0.0357. The van der Waals surface area contributed by atoms with Crippen molar-refractivity contribution in [3.8, 4) is 0 Å². The smallest absolute Gasteiger partial charge is 0.0716 e. The standard InChI is InChI=1S/C15H22O/c1-2-3-4-9-12-15(16)13-10-7-5-6-8-11-14-15/h2-7,9-10,16H,8,11-14H2,1H3/b3-2-,6-5-,9-4-,10-7-. The molecule has 88 valence electrons. The highest BCUT2D eigenvalue weighted by molar-refractivity contribution is 5.08. The van der Waals surface area contributed by atoms with Gasteiger partial charge in [0, 0.05) is 0 Å². The third-order valence-electron chi connectivity index (χ3n) is 2.83. The Morgan fingerprint density at radius 2 is 2.06 bits per heavy atom. The molecule has 1 nitrogen and oxygen atoms in total. The van der Waals surface area contributed by atoms with E-state index in [1.165, 1.54) is 0 Å². The maximum atomic E-state index is 10.4. The predicted molar refractivity (Wildman–Crippen MR) is 70.3 cm³/mol. The van der Waals surface area contributed by atoms with E-state index in [-0.39, 0.29) is 0 Å². The molecule has 16 heavy (non-hydrogen) atoms. The van der Waals surface area contributed by atoms with Gasteiger partial charge in [0.1, 0.15) is 0 Å². The summed E-state index contributed by atoms with van der Waals surface area (Å²) in [6.07, 6.45) is 20.9. The van der Waals surface area contributed by atoms with Crippen LogP contribution in [0.15, 0.2) is 48.6 Å². The molecule has 1 aliphatic rings. The maximum Gasteiger partial charge on any atom is 0.0716 e. The lowest BCUT2D eigenvalue weighted by Crippen LogP contribution is -2.26. The van der Waals surface area contributed by atoms with Crippen LogP contribution in [0.3, 0.4) is 0 Å². The monoisotopic (exact) mass is 218 g/mol. The SMILES string of the molecule is C/C=C\C=C/CC1(O)C/C=C\C=C/CCC1. The van der Waals surface area contributed by atoms with Crippen LogP contribution in [-0.2, 0) is 0 Å². The first-order valence-corrected chi connectivity index (χ1v) is 6.09. The van der Waals surface area contributed by atoms with Crippen LogP contribution in [0.5, 0.6) is 0 Å². The van der Waals surface area contributed by atoms with Crippen LogP contribution < -0.4 is 0 Å². The minimum atomic E-state index is -0.555. The summed E-state index contributed by atoms with van der Waals surface area (Å²) in [6.45, 7) is 1.99.